The van der Waals surface area contributed by atoms with Gasteiger partial charge in [0.25, 0.3) is 5.56 Å². The normalized spacial score (nSPS) is 17.3. The Labute approximate surface area is 106 Å². The number of hydrogen-bond acceptors (Lipinski definition) is 3. The maximum atomic E-state index is 11.7. The molecule has 0 unspecified atom stereocenters. The van der Waals surface area contributed by atoms with Crippen molar-refractivity contribution < 1.29 is 0 Å². The standard InChI is InChI=1S/C14H17N3O/c1-10-4-7-17(8-5-10)12-9-13(18)16-14-11(12)3-2-6-15-14/h2-3,6,9-10H,4-5,7-8H2,1H3,(H,15,16,18). The molecule has 4 nitrogen and oxygen atoms in total. The Morgan fingerprint density at radius 1 is 1.39 bits per heavy atom. The smallest absolute Gasteiger partial charge is 0.251 e. The Morgan fingerprint density at radius 2 is 2.17 bits per heavy atom. The highest BCUT2D eigenvalue weighted by Gasteiger charge is 2.18. The van der Waals surface area contributed by atoms with E-state index >= 15 is 0 Å². The molecule has 3 heterocycles. The predicted octanol–water partition coefficient (Wildman–Crippen LogP) is 2.16. The first kappa shape index (κ1) is 11.3. The van der Waals surface area contributed by atoms with E-state index in [1.165, 1.54) is 12.8 Å². The van der Waals surface area contributed by atoms with Crippen molar-refractivity contribution in [3.05, 3.63) is 34.7 Å². The van der Waals surface area contributed by atoms with E-state index in [2.05, 4.69) is 21.8 Å². The van der Waals surface area contributed by atoms with E-state index in [1.807, 2.05) is 12.1 Å². The lowest BCUT2D eigenvalue weighted by molar-refractivity contribution is 0.439. The Morgan fingerprint density at radius 3 is 2.94 bits per heavy atom. The number of aromatic nitrogens is 2. The fourth-order valence-corrected chi connectivity index (χ4v) is 2.58. The van der Waals surface area contributed by atoms with Crippen LogP contribution in [-0.2, 0) is 0 Å². The van der Waals surface area contributed by atoms with Gasteiger partial charge >= 0.3 is 0 Å². The number of anilines is 1. The number of nitrogens with one attached hydrogen (secondary N) is 1. The molecule has 0 atom stereocenters. The lowest BCUT2D eigenvalue weighted by Gasteiger charge is -2.32. The van der Waals surface area contributed by atoms with Gasteiger partial charge < -0.3 is 9.88 Å². The Hall–Kier alpha value is -1.84. The second-order valence-corrected chi connectivity index (χ2v) is 5.09. The van der Waals surface area contributed by atoms with E-state index in [0.29, 0.717) is 5.65 Å². The zero-order chi connectivity index (χ0) is 12.5. The van der Waals surface area contributed by atoms with Gasteiger partial charge in [0.1, 0.15) is 5.65 Å². The minimum atomic E-state index is -0.0742. The van der Waals surface area contributed by atoms with E-state index < -0.39 is 0 Å². The monoisotopic (exact) mass is 243 g/mol. The summed E-state index contributed by atoms with van der Waals surface area (Å²) in [4.78, 5) is 21.0. The zero-order valence-electron chi connectivity index (χ0n) is 10.5. The number of H-pyrrole nitrogens is 1. The summed E-state index contributed by atoms with van der Waals surface area (Å²) in [5, 5.41) is 1.03. The Kier molecular flexibility index (Phi) is 2.78. The molecule has 1 aliphatic rings. The van der Waals surface area contributed by atoms with Crippen molar-refractivity contribution in [2.75, 3.05) is 18.0 Å². The van der Waals surface area contributed by atoms with Crippen molar-refractivity contribution in [3.63, 3.8) is 0 Å². The van der Waals surface area contributed by atoms with Crippen LogP contribution in [0.25, 0.3) is 11.0 Å². The quantitative estimate of drug-likeness (QED) is 0.835. The van der Waals surface area contributed by atoms with Crippen LogP contribution in [0.1, 0.15) is 19.8 Å². The number of nitrogens with zero attached hydrogens (tertiary/aromatic N) is 2. The van der Waals surface area contributed by atoms with Crippen molar-refractivity contribution in [3.8, 4) is 0 Å². The summed E-state index contributed by atoms with van der Waals surface area (Å²) in [5.74, 6) is 0.785. The summed E-state index contributed by atoms with van der Waals surface area (Å²) in [7, 11) is 0. The van der Waals surface area contributed by atoms with Crippen LogP contribution in [0.15, 0.2) is 29.2 Å². The minimum absolute atomic E-state index is 0.0742. The first-order chi connectivity index (χ1) is 8.74. The first-order valence-electron chi connectivity index (χ1n) is 6.47. The lowest BCUT2D eigenvalue weighted by atomic mass is 9.98. The van der Waals surface area contributed by atoms with Crippen molar-refractivity contribution >= 4 is 16.7 Å². The summed E-state index contributed by atoms with van der Waals surface area (Å²) in [6.07, 6.45) is 4.09. The number of aromatic amines is 1. The average molecular weight is 243 g/mol. The zero-order valence-corrected chi connectivity index (χ0v) is 10.5. The van der Waals surface area contributed by atoms with Gasteiger partial charge in [-0.15, -0.1) is 0 Å². The molecule has 0 amide bonds. The number of hydrogen-bond donors (Lipinski definition) is 1. The van der Waals surface area contributed by atoms with Crippen molar-refractivity contribution in [2.45, 2.75) is 19.8 Å². The fraction of sp³-hybridized carbons (Fsp3) is 0.429. The molecule has 2 aromatic heterocycles. The molecule has 1 N–H and O–H groups in total. The molecule has 18 heavy (non-hydrogen) atoms. The molecule has 1 saturated heterocycles. The van der Waals surface area contributed by atoms with Crippen LogP contribution in [0.2, 0.25) is 0 Å². The Balaban J connectivity index is 2.08. The molecule has 0 saturated carbocycles. The summed E-state index contributed by atoms with van der Waals surface area (Å²) in [5.41, 5.74) is 1.63. The van der Waals surface area contributed by atoms with Crippen LogP contribution in [-0.4, -0.2) is 23.1 Å². The van der Waals surface area contributed by atoms with E-state index in [0.717, 1.165) is 30.1 Å². The average Bonchev–Trinajstić information content (AvgIpc) is 2.38. The molecular formula is C14H17N3O. The summed E-state index contributed by atoms with van der Waals surface area (Å²) in [6.45, 7) is 4.33. The molecule has 4 heteroatoms. The Bertz CT molecular complexity index is 612. The lowest BCUT2D eigenvalue weighted by Crippen LogP contribution is -2.33. The third-order valence-electron chi connectivity index (χ3n) is 3.72. The minimum Gasteiger partial charge on any atom is -0.371 e. The molecule has 1 aliphatic heterocycles. The predicted molar refractivity (Wildman–Crippen MR) is 73.0 cm³/mol. The molecule has 3 rings (SSSR count). The van der Waals surface area contributed by atoms with E-state index in [9.17, 15) is 4.79 Å². The highest BCUT2D eigenvalue weighted by molar-refractivity contribution is 5.88. The van der Waals surface area contributed by atoms with E-state index in [4.69, 9.17) is 0 Å². The maximum Gasteiger partial charge on any atom is 0.251 e. The summed E-state index contributed by atoms with van der Waals surface area (Å²) in [6, 6.07) is 5.63. The van der Waals surface area contributed by atoms with Gasteiger partial charge in [0.05, 0.1) is 5.69 Å². The maximum absolute atomic E-state index is 11.7. The van der Waals surface area contributed by atoms with Crippen molar-refractivity contribution in [1.29, 1.82) is 0 Å². The first-order valence-corrected chi connectivity index (χ1v) is 6.47. The number of pyridine rings is 2. The summed E-state index contributed by atoms with van der Waals surface area (Å²) >= 11 is 0. The van der Waals surface area contributed by atoms with Gasteiger partial charge in [-0.3, -0.25) is 4.79 Å². The molecule has 94 valence electrons. The number of piperidine rings is 1. The number of fused-ring (bicyclic) bond motifs is 1. The molecule has 0 aromatic carbocycles. The van der Waals surface area contributed by atoms with Gasteiger partial charge in [-0.05, 0) is 30.9 Å². The second kappa shape index (κ2) is 4.44. The molecule has 0 bridgehead atoms. The highest BCUT2D eigenvalue weighted by atomic mass is 16.1. The van der Waals surface area contributed by atoms with E-state index in [-0.39, 0.29) is 5.56 Å². The van der Waals surface area contributed by atoms with Crippen LogP contribution >= 0.6 is 0 Å². The fourth-order valence-electron chi connectivity index (χ4n) is 2.58. The van der Waals surface area contributed by atoms with Crippen LogP contribution in [0.4, 0.5) is 5.69 Å². The van der Waals surface area contributed by atoms with Gasteiger partial charge in [-0.25, -0.2) is 4.98 Å². The third kappa shape index (κ3) is 1.98. The van der Waals surface area contributed by atoms with Crippen molar-refractivity contribution in [1.82, 2.24) is 9.97 Å². The van der Waals surface area contributed by atoms with Gasteiger partial charge in [0.2, 0.25) is 0 Å². The second-order valence-electron chi connectivity index (χ2n) is 5.09. The van der Waals surface area contributed by atoms with Gasteiger partial charge in [-0.1, -0.05) is 6.92 Å². The highest BCUT2D eigenvalue weighted by Crippen LogP contribution is 2.27. The number of rotatable bonds is 1. The topological polar surface area (TPSA) is 49.0 Å². The molecular weight excluding hydrogens is 226 g/mol. The van der Waals surface area contributed by atoms with Crippen LogP contribution in [0.3, 0.4) is 0 Å². The summed E-state index contributed by atoms with van der Waals surface area (Å²) < 4.78 is 0. The van der Waals surface area contributed by atoms with Crippen molar-refractivity contribution in [2.24, 2.45) is 5.92 Å². The largest absolute Gasteiger partial charge is 0.371 e. The SMILES string of the molecule is CC1CCN(c2cc(=O)[nH]c3ncccc23)CC1. The molecule has 0 radical (unpaired) electrons. The van der Waals surface area contributed by atoms with Gasteiger partial charge in [-0.2, -0.15) is 0 Å². The van der Waals surface area contributed by atoms with Crippen LogP contribution < -0.4 is 10.5 Å². The molecule has 0 aliphatic carbocycles. The van der Waals surface area contributed by atoms with Gasteiger partial charge in [0.15, 0.2) is 0 Å². The van der Waals surface area contributed by atoms with Crippen LogP contribution in [0, 0.1) is 5.92 Å². The molecule has 0 spiro atoms. The molecule has 1 fully saturated rings. The van der Waals surface area contributed by atoms with Crippen LogP contribution in [0.5, 0.6) is 0 Å². The molecule has 2 aromatic rings. The van der Waals surface area contributed by atoms with E-state index in [1.54, 1.807) is 12.3 Å². The third-order valence-corrected chi connectivity index (χ3v) is 3.72. The van der Waals surface area contributed by atoms with Gasteiger partial charge in [0, 0.05) is 30.7 Å².